The third kappa shape index (κ3) is 7.70. The highest BCUT2D eigenvalue weighted by molar-refractivity contribution is 5.20. The Morgan fingerprint density at radius 3 is 2.32 bits per heavy atom. The van der Waals surface area contributed by atoms with Crippen LogP contribution in [0.5, 0.6) is 5.75 Å². The van der Waals surface area contributed by atoms with Crippen molar-refractivity contribution in [3.63, 3.8) is 0 Å². The lowest BCUT2D eigenvalue weighted by Crippen LogP contribution is -2.17. The third-order valence-corrected chi connectivity index (χ3v) is 2.82. The molecule has 108 valence electrons. The van der Waals surface area contributed by atoms with E-state index in [4.69, 9.17) is 0 Å². The lowest BCUT2D eigenvalue weighted by atomic mass is 10.1. The standard InChI is InChI=1S/C14H20F3NO/c1-2-3-4-5-6-7-8-12-9-10-13(11-18-12)19-14(15,16)17/h9-11H,2-8H2,1H3. The minimum atomic E-state index is -4.65. The summed E-state index contributed by atoms with van der Waals surface area (Å²) in [5.74, 6) is -0.265. The van der Waals surface area contributed by atoms with Crippen molar-refractivity contribution in [3.8, 4) is 5.75 Å². The summed E-state index contributed by atoms with van der Waals surface area (Å²) < 4.78 is 39.6. The summed E-state index contributed by atoms with van der Waals surface area (Å²) in [5.41, 5.74) is 0.810. The molecule has 0 bridgehead atoms. The van der Waals surface area contributed by atoms with E-state index in [0.29, 0.717) is 0 Å². The fourth-order valence-electron chi connectivity index (χ4n) is 1.84. The normalized spacial score (nSPS) is 11.6. The molecule has 0 radical (unpaired) electrons. The first-order valence-corrected chi connectivity index (χ1v) is 6.72. The molecule has 0 aliphatic rings. The predicted molar refractivity (Wildman–Crippen MR) is 68.0 cm³/mol. The molecule has 0 aliphatic carbocycles. The van der Waals surface area contributed by atoms with Crippen LogP contribution in [0.3, 0.4) is 0 Å². The summed E-state index contributed by atoms with van der Waals surface area (Å²) in [6, 6.07) is 2.90. The van der Waals surface area contributed by atoms with Gasteiger partial charge in [0.15, 0.2) is 0 Å². The number of alkyl halides is 3. The smallest absolute Gasteiger partial charge is 0.404 e. The Balaban J connectivity index is 2.25. The van der Waals surface area contributed by atoms with Crippen LogP contribution in [0.4, 0.5) is 13.2 Å². The first-order valence-electron chi connectivity index (χ1n) is 6.72. The highest BCUT2D eigenvalue weighted by Crippen LogP contribution is 2.22. The van der Waals surface area contributed by atoms with Gasteiger partial charge in [-0.15, -0.1) is 13.2 Å². The maximum absolute atomic E-state index is 11.9. The van der Waals surface area contributed by atoms with Crippen LogP contribution in [-0.4, -0.2) is 11.3 Å². The van der Waals surface area contributed by atoms with Gasteiger partial charge in [0.25, 0.3) is 0 Å². The molecule has 19 heavy (non-hydrogen) atoms. The van der Waals surface area contributed by atoms with Crippen LogP contribution in [0, 0.1) is 0 Å². The molecule has 0 aliphatic heterocycles. The van der Waals surface area contributed by atoms with Crippen LogP contribution in [0.25, 0.3) is 0 Å². The number of halogens is 3. The lowest BCUT2D eigenvalue weighted by molar-refractivity contribution is -0.274. The van der Waals surface area contributed by atoms with E-state index >= 15 is 0 Å². The molecular weight excluding hydrogens is 255 g/mol. The summed E-state index contributed by atoms with van der Waals surface area (Å²) in [5, 5.41) is 0. The Morgan fingerprint density at radius 2 is 1.74 bits per heavy atom. The Kier molecular flexibility index (Phi) is 6.67. The van der Waals surface area contributed by atoms with Crippen molar-refractivity contribution in [2.24, 2.45) is 0 Å². The number of pyridine rings is 1. The maximum Gasteiger partial charge on any atom is 0.573 e. The van der Waals surface area contributed by atoms with E-state index in [2.05, 4.69) is 16.6 Å². The number of unbranched alkanes of at least 4 members (excludes halogenated alkanes) is 5. The zero-order valence-electron chi connectivity index (χ0n) is 11.2. The molecule has 0 N–H and O–H groups in total. The van der Waals surface area contributed by atoms with Gasteiger partial charge in [-0.3, -0.25) is 4.98 Å². The average molecular weight is 275 g/mol. The number of aromatic nitrogens is 1. The van der Waals surface area contributed by atoms with Gasteiger partial charge in [-0.05, 0) is 25.0 Å². The second kappa shape index (κ2) is 8.02. The predicted octanol–water partition coefficient (Wildman–Crippen LogP) is 4.88. The third-order valence-electron chi connectivity index (χ3n) is 2.82. The van der Waals surface area contributed by atoms with Crippen LogP contribution in [0.15, 0.2) is 18.3 Å². The molecule has 0 fully saturated rings. The van der Waals surface area contributed by atoms with Gasteiger partial charge in [0.1, 0.15) is 5.75 Å². The summed E-state index contributed by atoms with van der Waals surface area (Å²) >= 11 is 0. The summed E-state index contributed by atoms with van der Waals surface area (Å²) in [6.45, 7) is 2.18. The Bertz CT molecular complexity index is 349. The van der Waals surface area contributed by atoms with Gasteiger partial charge in [0.05, 0.1) is 6.20 Å². The van der Waals surface area contributed by atoms with Crippen LogP contribution < -0.4 is 4.74 Å². The molecule has 0 unspecified atom stereocenters. The van der Waals surface area contributed by atoms with Gasteiger partial charge in [-0.1, -0.05) is 39.0 Å². The average Bonchev–Trinajstić information content (AvgIpc) is 2.34. The molecule has 1 rings (SSSR count). The molecule has 0 atom stereocenters. The highest BCUT2D eigenvalue weighted by atomic mass is 19.4. The summed E-state index contributed by atoms with van der Waals surface area (Å²) in [6.07, 6.45) is 4.40. The molecule has 1 heterocycles. The first kappa shape index (κ1) is 15.8. The molecule has 1 aromatic rings. The quantitative estimate of drug-likeness (QED) is 0.630. The molecule has 0 saturated heterocycles. The fraction of sp³-hybridized carbons (Fsp3) is 0.643. The number of hydrogen-bond acceptors (Lipinski definition) is 2. The number of rotatable bonds is 8. The monoisotopic (exact) mass is 275 g/mol. The van der Waals surface area contributed by atoms with Crippen molar-refractivity contribution in [2.45, 2.75) is 58.2 Å². The van der Waals surface area contributed by atoms with Crippen LogP contribution in [-0.2, 0) is 6.42 Å². The Labute approximate surface area is 112 Å². The SMILES string of the molecule is CCCCCCCCc1ccc(OC(F)(F)F)cn1. The van der Waals surface area contributed by atoms with E-state index in [-0.39, 0.29) is 5.75 Å². The number of ether oxygens (including phenoxy) is 1. The van der Waals surface area contributed by atoms with E-state index in [9.17, 15) is 13.2 Å². The minimum Gasteiger partial charge on any atom is -0.404 e. The van der Waals surface area contributed by atoms with Gasteiger partial charge < -0.3 is 4.74 Å². The molecule has 1 aromatic heterocycles. The summed E-state index contributed by atoms with van der Waals surface area (Å²) in [7, 11) is 0. The van der Waals surface area contributed by atoms with Crippen molar-refractivity contribution >= 4 is 0 Å². The Hall–Kier alpha value is -1.26. The van der Waals surface area contributed by atoms with Crippen molar-refractivity contribution in [3.05, 3.63) is 24.0 Å². The maximum atomic E-state index is 11.9. The van der Waals surface area contributed by atoms with Gasteiger partial charge in [0.2, 0.25) is 0 Å². The summed E-state index contributed by atoms with van der Waals surface area (Å²) in [4.78, 5) is 3.97. The van der Waals surface area contributed by atoms with Crippen LogP contribution in [0.2, 0.25) is 0 Å². The van der Waals surface area contributed by atoms with E-state index in [1.807, 2.05) is 0 Å². The molecule has 0 saturated carbocycles. The van der Waals surface area contributed by atoms with Crippen molar-refractivity contribution < 1.29 is 17.9 Å². The van der Waals surface area contributed by atoms with Gasteiger partial charge >= 0.3 is 6.36 Å². The van der Waals surface area contributed by atoms with Gasteiger partial charge in [-0.2, -0.15) is 0 Å². The number of nitrogens with zero attached hydrogens (tertiary/aromatic N) is 1. The molecule has 0 spiro atoms. The van der Waals surface area contributed by atoms with Crippen molar-refractivity contribution in [1.82, 2.24) is 4.98 Å². The zero-order valence-corrected chi connectivity index (χ0v) is 11.2. The van der Waals surface area contributed by atoms with Gasteiger partial charge in [0, 0.05) is 5.69 Å². The van der Waals surface area contributed by atoms with E-state index in [0.717, 1.165) is 31.2 Å². The minimum absolute atomic E-state index is 0.265. The van der Waals surface area contributed by atoms with Gasteiger partial charge in [-0.25, -0.2) is 0 Å². The number of hydrogen-bond donors (Lipinski definition) is 0. The van der Waals surface area contributed by atoms with Crippen LogP contribution in [0.1, 0.15) is 51.1 Å². The van der Waals surface area contributed by atoms with Crippen molar-refractivity contribution in [1.29, 1.82) is 0 Å². The molecule has 0 aromatic carbocycles. The molecular formula is C14H20F3NO. The van der Waals surface area contributed by atoms with E-state index in [1.165, 1.54) is 31.7 Å². The van der Waals surface area contributed by atoms with E-state index in [1.54, 1.807) is 6.07 Å². The largest absolute Gasteiger partial charge is 0.573 e. The highest BCUT2D eigenvalue weighted by Gasteiger charge is 2.31. The number of aryl methyl sites for hydroxylation is 1. The molecule has 5 heteroatoms. The first-order chi connectivity index (χ1) is 9.01. The lowest BCUT2D eigenvalue weighted by Gasteiger charge is -2.08. The second-order valence-electron chi connectivity index (χ2n) is 4.55. The van der Waals surface area contributed by atoms with Crippen LogP contribution >= 0.6 is 0 Å². The fourth-order valence-corrected chi connectivity index (χ4v) is 1.84. The topological polar surface area (TPSA) is 22.1 Å². The van der Waals surface area contributed by atoms with Crippen molar-refractivity contribution in [2.75, 3.05) is 0 Å². The van der Waals surface area contributed by atoms with E-state index < -0.39 is 6.36 Å². The molecule has 2 nitrogen and oxygen atoms in total. The Morgan fingerprint density at radius 1 is 1.05 bits per heavy atom. The second-order valence-corrected chi connectivity index (χ2v) is 4.55. The zero-order chi connectivity index (χ0) is 14.1. The molecule has 0 amide bonds.